The van der Waals surface area contributed by atoms with E-state index >= 15 is 0 Å². The highest BCUT2D eigenvalue weighted by atomic mass is 16.2. The summed E-state index contributed by atoms with van der Waals surface area (Å²) in [5, 5.41) is 11.6. The van der Waals surface area contributed by atoms with E-state index in [-0.39, 0.29) is 5.91 Å². The number of tetrazole rings is 1. The summed E-state index contributed by atoms with van der Waals surface area (Å²) in [4.78, 5) is 14.9. The summed E-state index contributed by atoms with van der Waals surface area (Å²) in [6, 6.07) is 9.78. The Bertz CT molecular complexity index is 707. The molecule has 120 valence electrons. The Hall–Kier alpha value is -2.50. The lowest BCUT2D eigenvalue weighted by molar-refractivity contribution is -0.127. The summed E-state index contributed by atoms with van der Waals surface area (Å²) in [5.41, 5.74) is 1.45. The third-order valence-corrected chi connectivity index (χ3v) is 4.12. The van der Waals surface area contributed by atoms with E-state index < -0.39 is 0 Å². The fraction of sp³-hybridized carbons (Fsp3) is 0.412. The van der Waals surface area contributed by atoms with Crippen molar-refractivity contribution >= 4 is 17.7 Å². The first kappa shape index (κ1) is 15.4. The molecule has 0 spiro atoms. The number of aryl methyl sites for hydroxylation is 1. The molecule has 2 heterocycles. The summed E-state index contributed by atoms with van der Waals surface area (Å²) in [5.74, 6) is 1.11. The van der Waals surface area contributed by atoms with Crippen LogP contribution in [0.2, 0.25) is 0 Å². The molecule has 2 aromatic rings. The number of carbonyl (C=O) groups is 1. The molecular weight excluding hydrogens is 290 g/mol. The Morgan fingerprint density at radius 2 is 2.09 bits per heavy atom. The lowest BCUT2D eigenvalue weighted by atomic mass is 10.00. The zero-order chi connectivity index (χ0) is 16.2. The standard InChI is InChI=1S/C17H21N5O/c1-13-7-6-10-21(12-13)17(23)16(22-14(2)18-19-20-22)11-15-8-4-3-5-9-15/h3-5,8-9,11,13H,6-7,10,12H2,1-2H3/b16-11-. The molecular formula is C17H21N5O. The third-order valence-electron chi connectivity index (χ3n) is 4.12. The highest BCUT2D eigenvalue weighted by Gasteiger charge is 2.26. The predicted octanol–water partition coefficient (Wildman–Crippen LogP) is 2.24. The van der Waals surface area contributed by atoms with Crippen LogP contribution in [-0.2, 0) is 4.79 Å². The summed E-state index contributed by atoms with van der Waals surface area (Å²) in [6.07, 6.45) is 4.07. The molecule has 1 aromatic carbocycles. The molecule has 1 amide bonds. The quantitative estimate of drug-likeness (QED) is 0.816. The van der Waals surface area contributed by atoms with Crippen molar-refractivity contribution in [1.82, 2.24) is 25.1 Å². The van der Waals surface area contributed by atoms with Gasteiger partial charge in [-0.3, -0.25) is 4.79 Å². The lowest BCUT2D eigenvalue weighted by Gasteiger charge is -2.31. The molecule has 1 fully saturated rings. The molecule has 6 heteroatoms. The van der Waals surface area contributed by atoms with Crippen LogP contribution in [0.3, 0.4) is 0 Å². The van der Waals surface area contributed by atoms with E-state index in [2.05, 4.69) is 22.4 Å². The van der Waals surface area contributed by atoms with Gasteiger partial charge in [-0.15, -0.1) is 5.10 Å². The number of benzene rings is 1. The second kappa shape index (κ2) is 6.73. The van der Waals surface area contributed by atoms with Crippen LogP contribution in [0.1, 0.15) is 31.2 Å². The number of hydrogen-bond donors (Lipinski definition) is 0. The summed E-state index contributed by atoms with van der Waals surface area (Å²) in [7, 11) is 0. The summed E-state index contributed by atoms with van der Waals surface area (Å²) in [6.45, 7) is 5.55. The van der Waals surface area contributed by atoms with Crippen LogP contribution >= 0.6 is 0 Å². The van der Waals surface area contributed by atoms with Crippen molar-refractivity contribution in [3.63, 3.8) is 0 Å². The van der Waals surface area contributed by atoms with Crippen molar-refractivity contribution in [2.45, 2.75) is 26.7 Å². The maximum absolute atomic E-state index is 13.0. The molecule has 1 unspecified atom stereocenters. The van der Waals surface area contributed by atoms with Crippen molar-refractivity contribution in [3.8, 4) is 0 Å². The van der Waals surface area contributed by atoms with Gasteiger partial charge in [-0.2, -0.15) is 4.68 Å². The molecule has 1 aliphatic rings. The van der Waals surface area contributed by atoms with E-state index in [0.29, 0.717) is 17.4 Å². The Labute approximate surface area is 135 Å². The van der Waals surface area contributed by atoms with Gasteiger partial charge in [0.05, 0.1) is 0 Å². The van der Waals surface area contributed by atoms with Gasteiger partial charge in [0.15, 0.2) is 5.82 Å². The van der Waals surface area contributed by atoms with Gasteiger partial charge in [0.25, 0.3) is 5.91 Å². The van der Waals surface area contributed by atoms with Crippen LogP contribution in [0.15, 0.2) is 30.3 Å². The van der Waals surface area contributed by atoms with E-state index in [1.54, 1.807) is 6.92 Å². The second-order valence-corrected chi connectivity index (χ2v) is 6.08. The fourth-order valence-electron chi connectivity index (χ4n) is 2.91. The monoisotopic (exact) mass is 311 g/mol. The molecule has 1 atom stereocenters. The highest BCUT2D eigenvalue weighted by molar-refractivity contribution is 6.18. The number of nitrogens with zero attached hydrogens (tertiary/aromatic N) is 5. The van der Waals surface area contributed by atoms with Crippen LogP contribution in [0.25, 0.3) is 11.8 Å². The van der Waals surface area contributed by atoms with Crippen molar-refractivity contribution in [2.75, 3.05) is 13.1 Å². The second-order valence-electron chi connectivity index (χ2n) is 6.08. The third kappa shape index (κ3) is 3.47. The molecule has 1 aromatic heterocycles. The number of hydrogen-bond acceptors (Lipinski definition) is 4. The molecule has 6 nitrogen and oxygen atoms in total. The van der Waals surface area contributed by atoms with E-state index in [1.807, 2.05) is 41.3 Å². The smallest absolute Gasteiger partial charge is 0.272 e. The first-order valence-electron chi connectivity index (χ1n) is 7.96. The van der Waals surface area contributed by atoms with E-state index in [1.165, 1.54) is 11.1 Å². The molecule has 0 aliphatic carbocycles. The van der Waals surface area contributed by atoms with Crippen LogP contribution < -0.4 is 0 Å². The predicted molar refractivity (Wildman–Crippen MR) is 88.1 cm³/mol. The van der Waals surface area contributed by atoms with Crippen molar-refractivity contribution < 1.29 is 4.79 Å². The van der Waals surface area contributed by atoms with Gasteiger partial charge >= 0.3 is 0 Å². The van der Waals surface area contributed by atoms with E-state index in [0.717, 1.165) is 25.1 Å². The number of piperidine rings is 1. The molecule has 0 saturated carbocycles. The number of aromatic nitrogens is 4. The van der Waals surface area contributed by atoms with Crippen molar-refractivity contribution in [1.29, 1.82) is 0 Å². The van der Waals surface area contributed by atoms with Crippen LogP contribution in [0, 0.1) is 12.8 Å². The number of likely N-dealkylation sites (tertiary alicyclic amines) is 1. The fourth-order valence-corrected chi connectivity index (χ4v) is 2.91. The Balaban J connectivity index is 1.97. The zero-order valence-electron chi connectivity index (χ0n) is 13.5. The Morgan fingerprint density at radius 1 is 1.30 bits per heavy atom. The molecule has 0 bridgehead atoms. The van der Waals surface area contributed by atoms with Crippen LogP contribution in [-0.4, -0.2) is 44.1 Å². The average molecular weight is 311 g/mol. The highest BCUT2D eigenvalue weighted by Crippen LogP contribution is 2.20. The normalized spacial score (nSPS) is 19.0. The maximum atomic E-state index is 13.0. The number of carbonyl (C=O) groups excluding carboxylic acids is 1. The minimum absolute atomic E-state index is 0.0178. The summed E-state index contributed by atoms with van der Waals surface area (Å²) < 4.78 is 1.52. The zero-order valence-corrected chi connectivity index (χ0v) is 13.5. The van der Waals surface area contributed by atoms with Crippen molar-refractivity contribution in [2.24, 2.45) is 5.92 Å². The molecule has 0 N–H and O–H groups in total. The average Bonchev–Trinajstić information content (AvgIpc) is 2.99. The van der Waals surface area contributed by atoms with Gasteiger partial charge in [0, 0.05) is 13.1 Å². The molecule has 23 heavy (non-hydrogen) atoms. The van der Waals surface area contributed by atoms with Crippen LogP contribution in [0.5, 0.6) is 0 Å². The van der Waals surface area contributed by atoms with Crippen LogP contribution in [0.4, 0.5) is 0 Å². The van der Waals surface area contributed by atoms with Crippen molar-refractivity contribution in [3.05, 3.63) is 41.7 Å². The molecule has 3 rings (SSSR count). The molecule has 1 aliphatic heterocycles. The Kier molecular flexibility index (Phi) is 4.50. The Morgan fingerprint density at radius 3 is 2.74 bits per heavy atom. The number of rotatable bonds is 3. The number of amides is 1. The van der Waals surface area contributed by atoms with Gasteiger partial charge < -0.3 is 4.90 Å². The van der Waals surface area contributed by atoms with Gasteiger partial charge in [-0.05, 0) is 47.7 Å². The minimum Gasteiger partial charge on any atom is -0.337 e. The van der Waals surface area contributed by atoms with Gasteiger partial charge in [-0.1, -0.05) is 37.3 Å². The minimum atomic E-state index is -0.0178. The van der Waals surface area contributed by atoms with Gasteiger partial charge in [0.2, 0.25) is 0 Å². The largest absolute Gasteiger partial charge is 0.337 e. The topological polar surface area (TPSA) is 63.9 Å². The first-order chi connectivity index (χ1) is 11.1. The lowest BCUT2D eigenvalue weighted by Crippen LogP contribution is -2.40. The molecule has 0 radical (unpaired) electrons. The first-order valence-corrected chi connectivity index (χ1v) is 7.96. The van der Waals surface area contributed by atoms with Gasteiger partial charge in [0.1, 0.15) is 5.70 Å². The molecule has 1 saturated heterocycles. The van der Waals surface area contributed by atoms with E-state index in [9.17, 15) is 4.79 Å². The maximum Gasteiger partial charge on any atom is 0.272 e. The van der Waals surface area contributed by atoms with E-state index in [4.69, 9.17) is 0 Å². The van der Waals surface area contributed by atoms with Gasteiger partial charge in [-0.25, -0.2) is 0 Å². The SMILES string of the molecule is Cc1nnnn1/C(=C\c1ccccc1)C(=O)N1CCCC(C)C1. The summed E-state index contributed by atoms with van der Waals surface area (Å²) >= 11 is 0.